The van der Waals surface area contributed by atoms with Gasteiger partial charge in [-0.05, 0) is 29.5 Å². The van der Waals surface area contributed by atoms with Crippen LogP contribution in [0.4, 0.5) is 8.78 Å². The summed E-state index contributed by atoms with van der Waals surface area (Å²) in [7, 11) is 0. The fraction of sp³-hybridized carbons (Fsp3) is 0.588. The van der Waals surface area contributed by atoms with E-state index in [0.717, 1.165) is 12.0 Å². The van der Waals surface area contributed by atoms with Gasteiger partial charge in [0, 0.05) is 18.0 Å². The van der Waals surface area contributed by atoms with E-state index in [4.69, 9.17) is 16.3 Å². The van der Waals surface area contributed by atoms with E-state index in [9.17, 15) is 13.6 Å². The third-order valence-corrected chi connectivity index (χ3v) is 4.20. The first-order valence-corrected chi connectivity index (χ1v) is 8.07. The predicted molar refractivity (Wildman–Crippen MR) is 85.9 cm³/mol. The highest BCUT2D eigenvalue weighted by Gasteiger charge is 2.32. The lowest BCUT2D eigenvalue weighted by Crippen LogP contribution is -2.49. The predicted octanol–water partition coefficient (Wildman–Crippen LogP) is 3.79. The number of rotatable bonds is 5. The van der Waals surface area contributed by atoms with Crippen LogP contribution in [0.25, 0.3) is 0 Å². The fourth-order valence-corrected chi connectivity index (χ4v) is 2.92. The first-order chi connectivity index (χ1) is 10.8. The van der Waals surface area contributed by atoms with E-state index in [0.29, 0.717) is 18.0 Å². The molecule has 1 aliphatic heterocycles. The van der Waals surface area contributed by atoms with Gasteiger partial charge in [-0.1, -0.05) is 37.6 Å². The van der Waals surface area contributed by atoms with Crippen LogP contribution in [0, 0.1) is 5.41 Å². The van der Waals surface area contributed by atoms with E-state index >= 15 is 0 Å². The Morgan fingerprint density at radius 3 is 2.65 bits per heavy atom. The van der Waals surface area contributed by atoms with Gasteiger partial charge in [-0.3, -0.25) is 4.79 Å². The number of carbonyl (C=O) groups excluding carboxylic acids is 1. The van der Waals surface area contributed by atoms with Crippen LogP contribution in [0.1, 0.15) is 25.8 Å². The molecule has 1 aromatic carbocycles. The van der Waals surface area contributed by atoms with Gasteiger partial charge in [0.15, 0.2) is 0 Å². The lowest BCUT2D eigenvalue weighted by molar-refractivity contribution is -0.148. The lowest BCUT2D eigenvalue weighted by Gasteiger charge is -2.35. The first-order valence-electron chi connectivity index (χ1n) is 7.69. The molecular formula is C17H22ClF2NO2. The molecule has 1 atom stereocenters. The Bertz CT molecular complexity index is 534. The van der Waals surface area contributed by atoms with Gasteiger partial charge in [0.25, 0.3) is 6.43 Å². The summed E-state index contributed by atoms with van der Waals surface area (Å²) in [5.74, 6) is -0.0992. The zero-order valence-electron chi connectivity index (χ0n) is 13.4. The Kier molecular flexibility index (Phi) is 5.98. The van der Waals surface area contributed by atoms with Gasteiger partial charge in [-0.25, -0.2) is 8.78 Å². The summed E-state index contributed by atoms with van der Waals surface area (Å²) < 4.78 is 30.5. The van der Waals surface area contributed by atoms with Crippen molar-refractivity contribution in [1.29, 1.82) is 0 Å². The van der Waals surface area contributed by atoms with E-state index in [-0.39, 0.29) is 24.5 Å². The summed E-state index contributed by atoms with van der Waals surface area (Å²) >= 11 is 5.87. The lowest BCUT2D eigenvalue weighted by atomic mass is 9.82. The number of morpholine rings is 1. The highest BCUT2D eigenvalue weighted by atomic mass is 35.5. The standard InChI is InChI=1S/C17H22ClF2NO2/c1-17(2,9-12-3-5-13(18)6-4-12)10-15(22)21-7-8-23-14(11-21)16(19)20/h3-6,14,16H,7-11H2,1-2H3/t14-/m0/s1. The van der Waals surface area contributed by atoms with Gasteiger partial charge >= 0.3 is 0 Å². The topological polar surface area (TPSA) is 29.5 Å². The van der Waals surface area contributed by atoms with Crippen molar-refractivity contribution in [3.05, 3.63) is 34.9 Å². The number of halogens is 3. The second-order valence-electron chi connectivity index (χ2n) is 6.73. The summed E-state index contributed by atoms with van der Waals surface area (Å²) in [6.45, 7) is 4.51. The second-order valence-corrected chi connectivity index (χ2v) is 7.16. The maximum atomic E-state index is 12.7. The van der Waals surface area contributed by atoms with Crippen molar-refractivity contribution in [1.82, 2.24) is 4.90 Å². The monoisotopic (exact) mass is 345 g/mol. The third-order valence-electron chi connectivity index (χ3n) is 3.95. The Morgan fingerprint density at radius 1 is 1.39 bits per heavy atom. The van der Waals surface area contributed by atoms with Crippen LogP contribution in [0.5, 0.6) is 0 Å². The van der Waals surface area contributed by atoms with E-state index < -0.39 is 12.5 Å². The number of amides is 1. The van der Waals surface area contributed by atoms with Crippen LogP contribution in [0.15, 0.2) is 24.3 Å². The number of carbonyl (C=O) groups is 1. The fourth-order valence-electron chi connectivity index (χ4n) is 2.79. The Morgan fingerprint density at radius 2 is 2.04 bits per heavy atom. The molecule has 0 N–H and O–H groups in total. The van der Waals surface area contributed by atoms with Crippen LogP contribution >= 0.6 is 11.6 Å². The summed E-state index contributed by atoms with van der Waals surface area (Å²) in [6, 6.07) is 7.53. The molecule has 1 saturated heterocycles. The van der Waals surface area contributed by atoms with Crippen molar-refractivity contribution < 1.29 is 18.3 Å². The molecule has 0 aliphatic carbocycles. The van der Waals surface area contributed by atoms with Crippen LogP contribution in [-0.4, -0.2) is 43.0 Å². The molecule has 6 heteroatoms. The number of hydrogen-bond donors (Lipinski definition) is 0. The van der Waals surface area contributed by atoms with Gasteiger partial charge in [-0.2, -0.15) is 0 Å². The molecular weight excluding hydrogens is 324 g/mol. The van der Waals surface area contributed by atoms with Crippen LogP contribution in [0.2, 0.25) is 5.02 Å². The minimum Gasteiger partial charge on any atom is -0.369 e. The van der Waals surface area contributed by atoms with Gasteiger partial charge in [-0.15, -0.1) is 0 Å². The Balaban J connectivity index is 1.93. The van der Waals surface area contributed by atoms with Crippen LogP contribution < -0.4 is 0 Å². The molecule has 1 heterocycles. The molecule has 0 spiro atoms. The van der Waals surface area contributed by atoms with Gasteiger partial charge in [0.05, 0.1) is 13.2 Å². The Hall–Kier alpha value is -1.20. The molecule has 3 nitrogen and oxygen atoms in total. The van der Waals surface area contributed by atoms with Crippen LogP contribution in [-0.2, 0) is 16.0 Å². The maximum Gasteiger partial charge on any atom is 0.266 e. The second kappa shape index (κ2) is 7.58. The molecule has 23 heavy (non-hydrogen) atoms. The van der Waals surface area contributed by atoms with E-state index in [1.807, 2.05) is 38.1 Å². The SMILES string of the molecule is CC(C)(CC(=O)N1CCO[C@H](C(F)F)C1)Cc1ccc(Cl)cc1. The average Bonchev–Trinajstić information content (AvgIpc) is 2.49. The van der Waals surface area contributed by atoms with E-state index in [2.05, 4.69) is 0 Å². The molecule has 0 unspecified atom stereocenters. The van der Waals surface area contributed by atoms with E-state index in [1.165, 1.54) is 4.90 Å². The average molecular weight is 346 g/mol. The smallest absolute Gasteiger partial charge is 0.266 e. The largest absolute Gasteiger partial charge is 0.369 e. The normalized spacial score (nSPS) is 19.2. The molecule has 0 aromatic heterocycles. The maximum absolute atomic E-state index is 12.7. The summed E-state index contributed by atoms with van der Waals surface area (Å²) in [5.41, 5.74) is 0.837. The molecule has 128 valence electrons. The van der Waals surface area contributed by atoms with Crippen molar-refractivity contribution >= 4 is 17.5 Å². The van der Waals surface area contributed by atoms with Gasteiger partial charge in [0.2, 0.25) is 5.91 Å². The molecule has 0 radical (unpaired) electrons. The third kappa shape index (κ3) is 5.43. The molecule has 0 saturated carbocycles. The molecule has 1 aromatic rings. The summed E-state index contributed by atoms with van der Waals surface area (Å²) in [4.78, 5) is 13.9. The zero-order chi connectivity index (χ0) is 17.0. The molecule has 0 bridgehead atoms. The zero-order valence-corrected chi connectivity index (χ0v) is 14.2. The number of nitrogens with zero attached hydrogens (tertiary/aromatic N) is 1. The van der Waals surface area contributed by atoms with Crippen molar-refractivity contribution in [3.63, 3.8) is 0 Å². The number of ether oxygens (including phenoxy) is 1. The van der Waals surface area contributed by atoms with Crippen molar-refractivity contribution in [2.24, 2.45) is 5.41 Å². The quantitative estimate of drug-likeness (QED) is 0.812. The highest BCUT2D eigenvalue weighted by Crippen LogP contribution is 2.28. The minimum atomic E-state index is -2.56. The Labute approximate surface area is 140 Å². The van der Waals surface area contributed by atoms with Crippen molar-refractivity contribution in [2.75, 3.05) is 19.7 Å². The van der Waals surface area contributed by atoms with E-state index in [1.54, 1.807) is 0 Å². The molecule has 1 fully saturated rings. The van der Waals surface area contributed by atoms with Crippen molar-refractivity contribution in [2.45, 2.75) is 39.2 Å². The highest BCUT2D eigenvalue weighted by molar-refractivity contribution is 6.30. The number of benzene rings is 1. The number of alkyl halides is 2. The van der Waals surface area contributed by atoms with Crippen molar-refractivity contribution in [3.8, 4) is 0 Å². The molecule has 1 aliphatic rings. The molecule has 1 amide bonds. The minimum absolute atomic E-state index is 0.0342. The van der Waals surface area contributed by atoms with Crippen LogP contribution in [0.3, 0.4) is 0 Å². The molecule has 2 rings (SSSR count). The van der Waals surface area contributed by atoms with Gasteiger partial charge < -0.3 is 9.64 Å². The number of hydrogen-bond acceptors (Lipinski definition) is 2. The van der Waals surface area contributed by atoms with Gasteiger partial charge in [0.1, 0.15) is 6.10 Å². The first kappa shape index (κ1) is 18.1. The summed E-state index contributed by atoms with van der Waals surface area (Å²) in [5, 5.41) is 0.675. The summed E-state index contributed by atoms with van der Waals surface area (Å²) in [6.07, 6.45) is -2.70.